The molecule has 0 unspecified atom stereocenters. The average Bonchev–Trinajstić information content (AvgIpc) is 2.37. The van der Waals surface area contributed by atoms with Gasteiger partial charge in [0.15, 0.2) is 0 Å². The molecule has 3 nitrogen and oxygen atoms in total. The molecule has 0 atom stereocenters. The van der Waals surface area contributed by atoms with E-state index in [1.54, 1.807) is 12.1 Å². The predicted octanol–water partition coefficient (Wildman–Crippen LogP) is 2.65. The van der Waals surface area contributed by atoms with Crippen LogP contribution in [0.15, 0.2) is 24.3 Å². The van der Waals surface area contributed by atoms with Crippen molar-refractivity contribution in [3.05, 3.63) is 35.4 Å². The summed E-state index contributed by atoms with van der Waals surface area (Å²) in [6.07, 6.45) is 1.40. The molecule has 18 heavy (non-hydrogen) atoms. The van der Waals surface area contributed by atoms with Gasteiger partial charge in [-0.3, -0.25) is 4.79 Å². The fourth-order valence-corrected chi connectivity index (χ4v) is 1.41. The van der Waals surface area contributed by atoms with Crippen molar-refractivity contribution in [2.24, 2.45) is 5.41 Å². The minimum absolute atomic E-state index is 0.0289. The molecule has 1 aromatic carbocycles. The van der Waals surface area contributed by atoms with Gasteiger partial charge < -0.3 is 5.32 Å². The number of rotatable bonds is 5. The van der Waals surface area contributed by atoms with Gasteiger partial charge in [-0.2, -0.15) is 5.26 Å². The molecule has 0 aliphatic rings. The summed E-state index contributed by atoms with van der Waals surface area (Å²) >= 11 is 0. The third kappa shape index (κ3) is 4.58. The van der Waals surface area contributed by atoms with E-state index < -0.39 is 0 Å². The maximum absolute atomic E-state index is 11.8. The van der Waals surface area contributed by atoms with Crippen LogP contribution >= 0.6 is 0 Å². The molecule has 0 spiro atoms. The number of hydrogen-bond donors (Lipinski definition) is 1. The molecule has 1 N–H and O–H groups in total. The van der Waals surface area contributed by atoms with E-state index in [1.807, 2.05) is 12.1 Å². The first kappa shape index (κ1) is 14.2. The number of hydrogen-bond acceptors (Lipinski definition) is 2. The molecule has 0 saturated carbocycles. The fourth-order valence-electron chi connectivity index (χ4n) is 1.41. The van der Waals surface area contributed by atoms with Gasteiger partial charge in [0.2, 0.25) is 5.91 Å². The number of carbonyl (C=O) groups is 1. The Hall–Kier alpha value is -1.82. The van der Waals surface area contributed by atoms with Gasteiger partial charge in [0.05, 0.1) is 18.1 Å². The second kappa shape index (κ2) is 6.20. The van der Waals surface area contributed by atoms with Crippen molar-refractivity contribution in [3.63, 3.8) is 0 Å². The van der Waals surface area contributed by atoms with Gasteiger partial charge in [0, 0.05) is 6.54 Å². The van der Waals surface area contributed by atoms with E-state index in [2.05, 4.69) is 32.2 Å². The molecular formula is C15H20N2O. The Bertz CT molecular complexity index is 441. The summed E-state index contributed by atoms with van der Waals surface area (Å²) in [4.78, 5) is 11.8. The van der Waals surface area contributed by atoms with Crippen LogP contribution in [0, 0.1) is 16.7 Å². The average molecular weight is 244 g/mol. The highest BCUT2D eigenvalue weighted by Crippen LogP contribution is 2.17. The second-order valence-electron chi connectivity index (χ2n) is 5.28. The summed E-state index contributed by atoms with van der Waals surface area (Å²) in [5, 5.41) is 11.6. The normalized spacial score (nSPS) is 10.8. The number of amides is 1. The van der Waals surface area contributed by atoms with E-state index in [-0.39, 0.29) is 11.3 Å². The van der Waals surface area contributed by atoms with Gasteiger partial charge in [-0.05, 0) is 29.5 Å². The van der Waals surface area contributed by atoms with Crippen molar-refractivity contribution in [2.45, 2.75) is 33.6 Å². The van der Waals surface area contributed by atoms with Gasteiger partial charge in [0.25, 0.3) is 0 Å². The van der Waals surface area contributed by atoms with Crippen LogP contribution in [0.2, 0.25) is 0 Å². The number of benzene rings is 1. The highest BCUT2D eigenvalue weighted by Gasteiger charge is 2.16. The molecule has 0 bridgehead atoms. The Morgan fingerprint density at radius 3 is 2.44 bits per heavy atom. The molecule has 1 amide bonds. The van der Waals surface area contributed by atoms with E-state index in [4.69, 9.17) is 5.26 Å². The van der Waals surface area contributed by atoms with Gasteiger partial charge in [-0.15, -0.1) is 0 Å². The monoisotopic (exact) mass is 244 g/mol. The smallest absolute Gasteiger partial charge is 0.224 e. The summed E-state index contributed by atoms with van der Waals surface area (Å²) in [7, 11) is 0. The molecule has 0 fully saturated rings. The molecule has 0 saturated heterocycles. The van der Waals surface area contributed by atoms with Crippen LogP contribution in [0.3, 0.4) is 0 Å². The maximum Gasteiger partial charge on any atom is 0.224 e. The lowest BCUT2D eigenvalue weighted by Gasteiger charge is -2.22. The van der Waals surface area contributed by atoms with Crippen molar-refractivity contribution in [1.29, 1.82) is 5.26 Å². The summed E-state index contributed by atoms with van der Waals surface area (Å²) in [5.74, 6) is 0.0289. The molecule has 96 valence electrons. The lowest BCUT2D eigenvalue weighted by atomic mass is 9.90. The zero-order valence-electron chi connectivity index (χ0n) is 11.3. The van der Waals surface area contributed by atoms with Gasteiger partial charge >= 0.3 is 0 Å². The van der Waals surface area contributed by atoms with Crippen LogP contribution in [0.5, 0.6) is 0 Å². The van der Waals surface area contributed by atoms with Crippen molar-refractivity contribution in [1.82, 2.24) is 5.32 Å². The van der Waals surface area contributed by atoms with Gasteiger partial charge in [-0.1, -0.05) is 32.9 Å². The summed E-state index contributed by atoms with van der Waals surface area (Å²) in [5.41, 5.74) is 1.69. The Morgan fingerprint density at radius 2 is 1.94 bits per heavy atom. The van der Waals surface area contributed by atoms with Crippen LogP contribution in [-0.2, 0) is 11.2 Å². The first-order chi connectivity index (χ1) is 8.46. The third-order valence-corrected chi connectivity index (χ3v) is 3.17. The van der Waals surface area contributed by atoms with Crippen LogP contribution in [-0.4, -0.2) is 12.5 Å². The Kier molecular flexibility index (Phi) is 4.91. The topological polar surface area (TPSA) is 52.9 Å². The lowest BCUT2D eigenvalue weighted by molar-refractivity contribution is -0.120. The van der Waals surface area contributed by atoms with E-state index >= 15 is 0 Å². The summed E-state index contributed by atoms with van der Waals surface area (Å²) in [6.45, 7) is 7.08. The van der Waals surface area contributed by atoms with Crippen LogP contribution in [0.4, 0.5) is 0 Å². The quantitative estimate of drug-likeness (QED) is 0.865. The molecule has 1 aromatic rings. The molecule has 0 aliphatic carbocycles. The molecular weight excluding hydrogens is 224 g/mol. The number of nitrogens with zero attached hydrogens (tertiary/aromatic N) is 1. The van der Waals surface area contributed by atoms with Crippen molar-refractivity contribution >= 4 is 5.91 Å². The summed E-state index contributed by atoms with van der Waals surface area (Å²) in [6, 6.07) is 9.17. The zero-order valence-corrected chi connectivity index (χ0v) is 11.3. The Labute approximate surface area is 109 Å². The van der Waals surface area contributed by atoms with E-state index in [9.17, 15) is 4.79 Å². The molecule has 1 rings (SSSR count). The van der Waals surface area contributed by atoms with Crippen molar-refractivity contribution < 1.29 is 4.79 Å². The first-order valence-corrected chi connectivity index (χ1v) is 6.22. The number of nitrogens with one attached hydrogen (secondary N) is 1. The van der Waals surface area contributed by atoms with Crippen LogP contribution in [0.25, 0.3) is 0 Å². The standard InChI is InChI=1S/C15H20N2O/c1-4-15(2,3)11-17-14(18)9-12-5-7-13(10-16)8-6-12/h5-8H,4,9,11H2,1-3H3,(H,17,18). The largest absolute Gasteiger partial charge is 0.355 e. The van der Waals surface area contributed by atoms with E-state index in [0.29, 0.717) is 18.5 Å². The van der Waals surface area contributed by atoms with Crippen LogP contribution in [0.1, 0.15) is 38.3 Å². The third-order valence-electron chi connectivity index (χ3n) is 3.17. The second-order valence-corrected chi connectivity index (χ2v) is 5.28. The molecule has 3 heteroatoms. The lowest BCUT2D eigenvalue weighted by Crippen LogP contribution is -2.34. The number of carbonyl (C=O) groups excluding carboxylic acids is 1. The zero-order chi connectivity index (χ0) is 13.6. The minimum atomic E-state index is 0.0289. The highest BCUT2D eigenvalue weighted by molar-refractivity contribution is 5.78. The Morgan fingerprint density at radius 1 is 1.33 bits per heavy atom. The van der Waals surface area contributed by atoms with E-state index in [1.165, 1.54) is 0 Å². The predicted molar refractivity (Wildman–Crippen MR) is 71.9 cm³/mol. The van der Waals surface area contributed by atoms with Crippen molar-refractivity contribution in [3.8, 4) is 6.07 Å². The van der Waals surface area contributed by atoms with Gasteiger partial charge in [0.1, 0.15) is 0 Å². The van der Waals surface area contributed by atoms with Crippen molar-refractivity contribution in [2.75, 3.05) is 6.54 Å². The Balaban J connectivity index is 2.47. The number of nitriles is 1. The fraction of sp³-hybridized carbons (Fsp3) is 0.467. The highest BCUT2D eigenvalue weighted by atomic mass is 16.1. The first-order valence-electron chi connectivity index (χ1n) is 6.22. The van der Waals surface area contributed by atoms with Gasteiger partial charge in [-0.25, -0.2) is 0 Å². The minimum Gasteiger partial charge on any atom is -0.355 e. The molecule has 0 heterocycles. The summed E-state index contributed by atoms with van der Waals surface area (Å²) < 4.78 is 0. The molecule has 0 radical (unpaired) electrons. The SMILES string of the molecule is CCC(C)(C)CNC(=O)Cc1ccc(C#N)cc1. The van der Waals surface area contributed by atoms with E-state index in [0.717, 1.165) is 12.0 Å². The molecule has 0 aliphatic heterocycles. The maximum atomic E-state index is 11.8. The van der Waals surface area contributed by atoms with Crippen LogP contribution < -0.4 is 5.32 Å². The molecule has 0 aromatic heterocycles.